The molecule has 1 saturated heterocycles. The number of rotatable bonds is 7. The van der Waals surface area contributed by atoms with Gasteiger partial charge >= 0.3 is 5.97 Å². The van der Waals surface area contributed by atoms with Gasteiger partial charge in [-0.15, -0.1) is 0 Å². The van der Waals surface area contributed by atoms with Crippen LogP contribution in [0, 0.1) is 5.92 Å². The molecule has 4 nitrogen and oxygen atoms in total. The third-order valence-electron chi connectivity index (χ3n) is 4.83. The van der Waals surface area contributed by atoms with Gasteiger partial charge in [-0.2, -0.15) is 0 Å². The molecule has 1 aliphatic heterocycles. The Kier molecular flexibility index (Phi) is 6.91. The van der Waals surface area contributed by atoms with E-state index >= 15 is 0 Å². The van der Waals surface area contributed by atoms with Crippen LogP contribution in [0.3, 0.4) is 0 Å². The summed E-state index contributed by atoms with van der Waals surface area (Å²) in [6.45, 7) is 2.74. The molecule has 0 spiro atoms. The molecule has 1 aliphatic rings. The topological polar surface area (TPSA) is 49.8 Å². The number of hydrogen-bond donors (Lipinski definition) is 1. The summed E-state index contributed by atoms with van der Waals surface area (Å²) in [4.78, 5) is 13.3. The zero-order chi connectivity index (χ0) is 19.1. The van der Waals surface area contributed by atoms with Gasteiger partial charge in [-0.05, 0) is 31.0 Å². The first-order chi connectivity index (χ1) is 13.1. The van der Waals surface area contributed by atoms with Crippen molar-refractivity contribution in [2.24, 2.45) is 5.92 Å². The largest absolute Gasteiger partial charge is 0.499 e. The van der Waals surface area contributed by atoms with Crippen LogP contribution < -0.4 is 0 Å². The number of piperidine rings is 1. The minimum atomic E-state index is -0.703. The van der Waals surface area contributed by atoms with E-state index in [4.69, 9.17) is 16.3 Å². The van der Waals surface area contributed by atoms with E-state index in [9.17, 15) is 9.90 Å². The summed E-state index contributed by atoms with van der Waals surface area (Å²) in [5.41, 5.74) is 2.90. The van der Waals surface area contributed by atoms with Crippen molar-refractivity contribution in [3.05, 3.63) is 77.0 Å². The van der Waals surface area contributed by atoms with Crippen molar-refractivity contribution in [3.63, 3.8) is 0 Å². The molecule has 0 aliphatic carbocycles. The highest BCUT2D eigenvalue weighted by Crippen LogP contribution is 2.29. The van der Waals surface area contributed by atoms with Gasteiger partial charge in [0.2, 0.25) is 0 Å². The third kappa shape index (κ3) is 5.34. The summed E-state index contributed by atoms with van der Waals surface area (Å²) in [5.74, 6) is -0.970. The van der Waals surface area contributed by atoms with Gasteiger partial charge in [0.25, 0.3) is 0 Å². The van der Waals surface area contributed by atoms with E-state index in [0.29, 0.717) is 24.7 Å². The summed E-state index contributed by atoms with van der Waals surface area (Å²) in [6, 6.07) is 17.7. The van der Waals surface area contributed by atoms with E-state index in [2.05, 4.69) is 4.90 Å². The van der Waals surface area contributed by atoms with Gasteiger partial charge in [-0.1, -0.05) is 60.1 Å². The van der Waals surface area contributed by atoms with E-state index in [1.807, 2.05) is 54.6 Å². The van der Waals surface area contributed by atoms with Gasteiger partial charge in [-0.3, -0.25) is 9.69 Å². The summed E-state index contributed by atoms with van der Waals surface area (Å²) in [6.07, 6.45) is 3.44. The molecule has 27 heavy (non-hydrogen) atoms. The minimum Gasteiger partial charge on any atom is -0.499 e. The zero-order valence-electron chi connectivity index (χ0n) is 15.2. The molecule has 0 bridgehead atoms. The second kappa shape index (κ2) is 9.58. The Bertz CT molecular complexity index is 791. The van der Waals surface area contributed by atoms with Crippen LogP contribution in [0.4, 0.5) is 0 Å². The van der Waals surface area contributed by atoms with E-state index in [1.54, 1.807) is 6.26 Å². The number of carboxylic acid groups (broad SMARTS) is 1. The Morgan fingerprint density at radius 2 is 1.93 bits per heavy atom. The standard InChI is InChI=1S/C22H24ClNO3/c23-21-11-5-4-10-19(21)20(17-7-2-1-3-8-17)16-27-14-13-24-12-6-9-18(15-24)22(25)26/h1-5,7-8,10-11,16,18H,6,9,12-15H2,(H,25,26)/b20-16-. The summed E-state index contributed by atoms with van der Waals surface area (Å²) in [5, 5.41) is 9.88. The predicted octanol–water partition coefficient (Wildman–Crippen LogP) is 4.54. The normalized spacial score (nSPS) is 18.3. The van der Waals surface area contributed by atoms with Gasteiger partial charge in [0.05, 0.1) is 12.2 Å². The lowest BCUT2D eigenvalue weighted by Crippen LogP contribution is -2.40. The average Bonchev–Trinajstić information content (AvgIpc) is 2.70. The fourth-order valence-electron chi connectivity index (χ4n) is 3.37. The molecule has 3 rings (SSSR count). The van der Waals surface area contributed by atoms with Crippen molar-refractivity contribution in [1.82, 2.24) is 4.90 Å². The fourth-order valence-corrected chi connectivity index (χ4v) is 3.61. The van der Waals surface area contributed by atoms with Gasteiger partial charge in [0.15, 0.2) is 0 Å². The minimum absolute atomic E-state index is 0.266. The van der Waals surface area contributed by atoms with Crippen molar-refractivity contribution in [2.75, 3.05) is 26.2 Å². The Morgan fingerprint density at radius 3 is 2.67 bits per heavy atom. The number of carboxylic acids is 1. The quantitative estimate of drug-likeness (QED) is 0.561. The molecular formula is C22H24ClNO3. The third-order valence-corrected chi connectivity index (χ3v) is 5.16. The van der Waals surface area contributed by atoms with Crippen molar-refractivity contribution in [3.8, 4) is 0 Å². The highest BCUT2D eigenvalue weighted by Gasteiger charge is 2.24. The van der Waals surface area contributed by atoms with Crippen LogP contribution in [0.1, 0.15) is 24.0 Å². The molecule has 1 fully saturated rings. The SMILES string of the molecule is O=C(O)C1CCCN(CCO/C=C(/c2ccccc2)c2ccccc2Cl)C1. The van der Waals surface area contributed by atoms with Crippen LogP contribution in [-0.4, -0.2) is 42.2 Å². The maximum Gasteiger partial charge on any atom is 0.307 e. The van der Waals surface area contributed by atoms with Crippen molar-refractivity contribution in [1.29, 1.82) is 0 Å². The van der Waals surface area contributed by atoms with Crippen molar-refractivity contribution >= 4 is 23.1 Å². The Labute approximate surface area is 165 Å². The van der Waals surface area contributed by atoms with E-state index in [1.165, 1.54) is 0 Å². The van der Waals surface area contributed by atoms with E-state index < -0.39 is 5.97 Å². The maximum atomic E-state index is 11.2. The number of likely N-dealkylation sites (tertiary alicyclic amines) is 1. The summed E-state index contributed by atoms with van der Waals surface area (Å²) < 4.78 is 5.85. The number of carbonyl (C=O) groups is 1. The number of ether oxygens (including phenoxy) is 1. The first-order valence-corrected chi connectivity index (χ1v) is 9.60. The molecule has 1 heterocycles. The predicted molar refractivity (Wildman–Crippen MR) is 108 cm³/mol. The highest BCUT2D eigenvalue weighted by molar-refractivity contribution is 6.32. The van der Waals surface area contributed by atoms with Crippen molar-refractivity contribution in [2.45, 2.75) is 12.8 Å². The lowest BCUT2D eigenvalue weighted by molar-refractivity contribution is -0.143. The number of aliphatic carboxylic acids is 1. The number of benzene rings is 2. The van der Waals surface area contributed by atoms with Crippen LogP contribution >= 0.6 is 11.6 Å². The number of hydrogen-bond acceptors (Lipinski definition) is 3. The van der Waals surface area contributed by atoms with Crippen LogP contribution in [0.25, 0.3) is 5.57 Å². The van der Waals surface area contributed by atoms with E-state index in [-0.39, 0.29) is 5.92 Å². The van der Waals surface area contributed by atoms with Gasteiger partial charge in [0, 0.05) is 29.2 Å². The molecular weight excluding hydrogens is 362 g/mol. The molecule has 0 aromatic heterocycles. The monoisotopic (exact) mass is 385 g/mol. The molecule has 1 N–H and O–H groups in total. The highest BCUT2D eigenvalue weighted by atomic mass is 35.5. The Hall–Kier alpha value is -2.30. The molecule has 0 saturated carbocycles. The fraction of sp³-hybridized carbons (Fsp3) is 0.318. The van der Waals surface area contributed by atoms with Gasteiger partial charge < -0.3 is 9.84 Å². The van der Waals surface area contributed by atoms with E-state index in [0.717, 1.165) is 36.1 Å². The average molecular weight is 386 g/mol. The molecule has 0 amide bonds. The first-order valence-electron chi connectivity index (χ1n) is 9.22. The lowest BCUT2D eigenvalue weighted by Gasteiger charge is -2.30. The molecule has 2 aromatic carbocycles. The molecule has 2 aromatic rings. The van der Waals surface area contributed by atoms with Gasteiger partial charge in [0.1, 0.15) is 6.61 Å². The molecule has 142 valence electrons. The maximum absolute atomic E-state index is 11.2. The Morgan fingerprint density at radius 1 is 1.19 bits per heavy atom. The van der Waals surface area contributed by atoms with Gasteiger partial charge in [-0.25, -0.2) is 0 Å². The van der Waals surface area contributed by atoms with Crippen LogP contribution in [0.15, 0.2) is 60.9 Å². The molecule has 1 unspecified atom stereocenters. The first kappa shape index (κ1) is 19.5. The molecule has 1 atom stereocenters. The molecule has 5 heteroatoms. The second-order valence-corrected chi connectivity index (χ2v) is 7.13. The molecule has 0 radical (unpaired) electrons. The Balaban J connectivity index is 1.66. The van der Waals surface area contributed by atoms with Crippen LogP contribution in [0.5, 0.6) is 0 Å². The van der Waals surface area contributed by atoms with Crippen molar-refractivity contribution < 1.29 is 14.6 Å². The van der Waals surface area contributed by atoms with Crippen LogP contribution in [-0.2, 0) is 9.53 Å². The number of halogens is 1. The summed E-state index contributed by atoms with van der Waals surface area (Å²) >= 11 is 6.39. The number of nitrogens with zero attached hydrogens (tertiary/aromatic N) is 1. The van der Waals surface area contributed by atoms with Crippen LogP contribution in [0.2, 0.25) is 5.02 Å². The lowest BCUT2D eigenvalue weighted by atomic mass is 9.98. The smallest absolute Gasteiger partial charge is 0.307 e. The summed E-state index contributed by atoms with van der Waals surface area (Å²) in [7, 11) is 0. The second-order valence-electron chi connectivity index (χ2n) is 6.73. The zero-order valence-corrected chi connectivity index (χ0v) is 15.9.